The van der Waals surface area contributed by atoms with Crippen LogP contribution in [0.2, 0.25) is 0 Å². The molecular formula is C48H82O9. The normalized spacial score (nSPS) is 21.1. The quantitative estimate of drug-likeness (QED) is 0.0275. The SMILES string of the molecule is CC/C=C\C/C=C\C/C=C\C/C=C\C/C=C\CCCCOCC(COC1OC(CO)C(O)C(O)C1O)OC(=O)CCCCCCC/C=C\CCCCCCCCC. The minimum atomic E-state index is -1.55. The maximum atomic E-state index is 12.8. The Balaban J connectivity index is 2.32. The molecule has 1 saturated heterocycles. The van der Waals surface area contributed by atoms with E-state index in [1.165, 1.54) is 51.4 Å². The average molecular weight is 803 g/mol. The van der Waals surface area contributed by atoms with Crippen LogP contribution in [0.3, 0.4) is 0 Å². The first kappa shape index (κ1) is 52.6. The number of allylic oxidation sites excluding steroid dienone is 12. The molecule has 0 aliphatic carbocycles. The third-order valence-corrected chi connectivity index (χ3v) is 9.86. The summed E-state index contributed by atoms with van der Waals surface area (Å²) in [6.07, 6.45) is 43.6. The molecule has 9 nitrogen and oxygen atoms in total. The molecule has 6 atom stereocenters. The largest absolute Gasteiger partial charge is 0.457 e. The van der Waals surface area contributed by atoms with Crippen molar-refractivity contribution in [1.82, 2.24) is 0 Å². The molecule has 9 heteroatoms. The van der Waals surface area contributed by atoms with Crippen LogP contribution in [0.1, 0.15) is 162 Å². The van der Waals surface area contributed by atoms with Crippen molar-refractivity contribution in [3.63, 3.8) is 0 Å². The zero-order valence-corrected chi connectivity index (χ0v) is 35.8. The van der Waals surface area contributed by atoms with E-state index in [9.17, 15) is 25.2 Å². The number of esters is 1. The molecule has 6 unspecified atom stereocenters. The molecule has 1 aliphatic rings. The van der Waals surface area contributed by atoms with Gasteiger partial charge in [0, 0.05) is 13.0 Å². The van der Waals surface area contributed by atoms with E-state index >= 15 is 0 Å². The third-order valence-electron chi connectivity index (χ3n) is 9.86. The molecule has 0 amide bonds. The fourth-order valence-corrected chi connectivity index (χ4v) is 6.33. The molecule has 4 N–H and O–H groups in total. The minimum Gasteiger partial charge on any atom is -0.457 e. The van der Waals surface area contributed by atoms with Crippen LogP contribution in [0, 0.1) is 0 Å². The van der Waals surface area contributed by atoms with Gasteiger partial charge in [0.05, 0.1) is 19.8 Å². The van der Waals surface area contributed by atoms with Crippen molar-refractivity contribution in [3.05, 3.63) is 72.9 Å². The van der Waals surface area contributed by atoms with E-state index < -0.39 is 43.4 Å². The summed E-state index contributed by atoms with van der Waals surface area (Å²) in [6, 6.07) is 0. The number of hydrogen-bond acceptors (Lipinski definition) is 9. The molecule has 0 bridgehead atoms. The number of hydrogen-bond donors (Lipinski definition) is 4. The second-order valence-electron chi connectivity index (χ2n) is 15.1. The van der Waals surface area contributed by atoms with Crippen molar-refractivity contribution in [2.24, 2.45) is 0 Å². The minimum absolute atomic E-state index is 0.108. The van der Waals surface area contributed by atoms with Crippen molar-refractivity contribution in [2.75, 3.05) is 26.4 Å². The Morgan fingerprint density at radius 3 is 1.63 bits per heavy atom. The Hall–Kier alpha value is -2.37. The molecule has 1 fully saturated rings. The fourth-order valence-electron chi connectivity index (χ4n) is 6.33. The molecule has 328 valence electrons. The summed E-state index contributed by atoms with van der Waals surface area (Å²) < 4.78 is 22.7. The number of aliphatic hydroxyl groups excluding tert-OH is 4. The van der Waals surface area contributed by atoms with Crippen molar-refractivity contribution in [2.45, 2.75) is 198 Å². The number of aliphatic hydroxyl groups is 4. The monoisotopic (exact) mass is 803 g/mol. The van der Waals surface area contributed by atoms with Crippen LogP contribution < -0.4 is 0 Å². The maximum absolute atomic E-state index is 12.8. The number of ether oxygens (including phenoxy) is 4. The molecule has 0 saturated carbocycles. The van der Waals surface area contributed by atoms with Gasteiger partial charge in [0.1, 0.15) is 30.5 Å². The lowest BCUT2D eigenvalue weighted by atomic mass is 9.99. The summed E-state index contributed by atoms with van der Waals surface area (Å²) in [5, 5.41) is 40.1. The van der Waals surface area contributed by atoms with Gasteiger partial charge in [0.25, 0.3) is 0 Å². The first-order valence-corrected chi connectivity index (χ1v) is 22.5. The molecule has 0 aromatic heterocycles. The van der Waals surface area contributed by atoms with Gasteiger partial charge in [-0.05, 0) is 83.5 Å². The van der Waals surface area contributed by atoms with Crippen LogP contribution in [-0.4, -0.2) is 89.6 Å². The number of carbonyl (C=O) groups is 1. The molecule has 0 aromatic carbocycles. The van der Waals surface area contributed by atoms with Crippen LogP contribution >= 0.6 is 0 Å². The number of unbranched alkanes of at least 4 members (excludes halogenated alkanes) is 14. The van der Waals surface area contributed by atoms with Gasteiger partial charge in [-0.1, -0.05) is 145 Å². The predicted molar refractivity (Wildman–Crippen MR) is 233 cm³/mol. The Morgan fingerprint density at radius 1 is 0.579 bits per heavy atom. The van der Waals surface area contributed by atoms with Crippen LogP contribution in [0.25, 0.3) is 0 Å². The standard InChI is InChI=1S/C48H82O9/c1-3-5-7-9-11-13-15-17-19-21-22-24-26-28-30-32-34-36-38-54-40-42(41-55-48-47(53)46(52)45(51)43(39-49)57-48)56-44(50)37-35-33-31-29-27-25-23-20-18-16-14-12-10-8-6-4-2/h5,7,11,13,17,19-20,22-24,28,30,42-43,45-49,51-53H,3-4,6,8-10,12,14-16,18,21,25-27,29,31-41H2,1-2H3/b7-5-,13-11-,19-17-,23-20-,24-22-,30-28-. The highest BCUT2D eigenvalue weighted by atomic mass is 16.7. The zero-order valence-electron chi connectivity index (χ0n) is 35.8. The van der Waals surface area contributed by atoms with E-state index in [4.69, 9.17) is 18.9 Å². The zero-order chi connectivity index (χ0) is 41.4. The van der Waals surface area contributed by atoms with Crippen molar-refractivity contribution in [3.8, 4) is 0 Å². The Bertz CT molecular complexity index is 1100. The topological polar surface area (TPSA) is 135 Å². The second-order valence-corrected chi connectivity index (χ2v) is 15.1. The average Bonchev–Trinajstić information content (AvgIpc) is 3.21. The van der Waals surface area contributed by atoms with Crippen molar-refractivity contribution in [1.29, 1.82) is 0 Å². The van der Waals surface area contributed by atoms with Crippen molar-refractivity contribution < 1.29 is 44.2 Å². The van der Waals surface area contributed by atoms with Crippen LogP contribution in [0.5, 0.6) is 0 Å². The predicted octanol–water partition coefficient (Wildman–Crippen LogP) is 10.1. The van der Waals surface area contributed by atoms with Crippen LogP contribution in [-0.2, 0) is 23.7 Å². The summed E-state index contributed by atoms with van der Waals surface area (Å²) in [7, 11) is 0. The van der Waals surface area contributed by atoms with E-state index in [0.29, 0.717) is 13.0 Å². The number of carbonyl (C=O) groups excluding carboxylic acids is 1. The summed E-state index contributed by atoms with van der Waals surface area (Å²) >= 11 is 0. The van der Waals surface area contributed by atoms with Crippen molar-refractivity contribution >= 4 is 5.97 Å². The first-order chi connectivity index (χ1) is 27.9. The summed E-state index contributed by atoms with van der Waals surface area (Å²) in [6.45, 7) is 4.31. The molecule has 1 heterocycles. The molecule has 0 spiro atoms. The lowest BCUT2D eigenvalue weighted by molar-refractivity contribution is -0.305. The molecular weight excluding hydrogens is 721 g/mol. The van der Waals surface area contributed by atoms with Gasteiger partial charge in [-0.3, -0.25) is 4.79 Å². The van der Waals surface area contributed by atoms with E-state index in [2.05, 4.69) is 86.8 Å². The second kappa shape index (κ2) is 39.1. The Morgan fingerprint density at radius 2 is 1.07 bits per heavy atom. The van der Waals surface area contributed by atoms with Gasteiger partial charge < -0.3 is 39.4 Å². The molecule has 57 heavy (non-hydrogen) atoms. The van der Waals surface area contributed by atoms with Gasteiger partial charge in [-0.2, -0.15) is 0 Å². The van der Waals surface area contributed by atoms with Gasteiger partial charge in [0.2, 0.25) is 0 Å². The van der Waals surface area contributed by atoms with Gasteiger partial charge >= 0.3 is 5.97 Å². The van der Waals surface area contributed by atoms with Crippen LogP contribution in [0.4, 0.5) is 0 Å². The van der Waals surface area contributed by atoms with E-state index in [-0.39, 0.29) is 19.2 Å². The van der Waals surface area contributed by atoms with Gasteiger partial charge in [0.15, 0.2) is 6.29 Å². The highest BCUT2D eigenvalue weighted by Crippen LogP contribution is 2.22. The molecule has 1 aliphatic heterocycles. The summed E-state index contributed by atoms with van der Waals surface area (Å²) in [5.74, 6) is -0.340. The highest BCUT2D eigenvalue weighted by Gasteiger charge is 2.44. The summed E-state index contributed by atoms with van der Waals surface area (Å²) in [5.41, 5.74) is 0. The first-order valence-electron chi connectivity index (χ1n) is 22.5. The van der Waals surface area contributed by atoms with Gasteiger partial charge in [-0.15, -0.1) is 0 Å². The van der Waals surface area contributed by atoms with Crippen LogP contribution in [0.15, 0.2) is 72.9 Å². The molecule has 1 rings (SSSR count). The lowest BCUT2D eigenvalue weighted by Gasteiger charge is -2.39. The lowest BCUT2D eigenvalue weighted by Crippen LogP contribution is -2.59. The maximum Gasteiger partial charge on any atom is 0.306 e. The summed E-state index contributed by atoms with van der Waals surface area (Å²) in [4.78, 5) is 12.8. The van der Waals surface area contributed by atoms with E-state index in [1.807, 2.05) is 0 Å². The fraction of sp³-hybridized carbons (Fsp3) is 0.729. The molecule has 0 radical (unpaired) electrons. The Labute approximate surface area is 347 Å². The molecule has 0 aromatic rings. The van der Waals surface area contributed by atoms with E-state index in [0.717, 1.165) is 89.9 Å². The highest BCUT2D eigenvalue weighted by molar-refractivity contribution is 5.69. The van der Waals surface area contributed by atoms with E-state index in [1.54, 1.807) is 0 Å². The van der Waals surface area contributed by atoms with Gasteiger partial charge in [-0.25, -0.2) is 0 Å². The Kier molecular flexibility index (Phi) is 36.1. The number of rotatable bonds is 37. The third kappa shape index (κ3) is 30.4. The smallest absolute Gasteiger partial charge is 0.306 e.